The highest BCUT2D eigenvalue weighted by Crippen LogP contribution is 2.24. The number of fused-ring (bicyclic) bond motifs is 2. The van der Waals surface area contributed by atoms with Crippen LogP contribution >= 0.6 is 0 Å². The van der Waals surface area contributed by atoms with Gasteiger partial charge in [-0.3, -0.25) is 4.18 Å². The number of aryl methyl sites for hydroxylation is 4. The monoisotopic (exact) mass is 347 g/mol. The van der Waals surface area contributed by atoms with E-state index in [1.807, 2.05) is 0 Å². The lowest BCUT2D eigenvalue weighted by molar-refractivity contribution is -0.617. The molecule has 0 saturated heterocycles. The van der Waals surface area contributed by atoms with Gasteiger partial charge in [-0.05, 0) is 49.6 Å². The molecule has 2 aromatic carbocycles. The Morgan fingerprint density at radius 1 is 0.917 bits per heavy atom. The fraction of sp³-hybridized carbons (Fsp3) is 0.278. The quantitative estimate of drug-likeness (QED) is 0.294. The average Bonchev–Trinajstić information content (AvgIpc) is 2.52. The molecular weight excluding hydrogens is 326 g/mol. The Morgan fingerprint density at radius 2 is 1.29 bits per heavy atom. The van der Waals surface area contributed by atoms with Crippen molar-refractivity contribution in [1.82, 2.24) is 0 Å². The van der Waals surface area contributed by atoms with Gasteiger partial charge in [-0.2, -0.15) is 4.57 Å². The molecule has 0 spiro atoms. The van der Waals surface area contributed by atoms with Crippen LogP contribution in [0.5, 0.6) is 0 Å². The highest BCUT2D eigenvalue weighted by atomic mass is 32.3. The minimum absolute atomic E-state index is 0.808. The van der Waals surface area contributed by atoms with E-state index in [2.05, 4.69) is 73.0 Å². The summed E-state index contributed by atoms with van der Waals surface area (Å²) in [5, 5.41) is 2.69. The van der Waals surface area contributed by atoms with Crippen LogP contribution in [-0.4, -0.2) is 20.1 Å². The maximum absolute atomic E-state index is 9.22. The van der Waals surface area contributed by atoms with Crippen LogP contribution in [0, 0.1) is 20.8 Å². The lowest BCUT2D eigenvalue weighted by Crippen LogP contribution is -2.30. The van der Waals surface area contributed by atoms with Crippen LogP contribution in [0.15, 0.2) is 36.4 Å². The largest absolute Gasteiger partial charge is 0.726 e. The molecule has 0 saturated carbocycles. The predicted octanol–water partition coefficient (Wildman–Crippen LogP) is 2.84. The molecule has 0 amide bonds. The fourth-order valence-electron chi connectivity index (χ4n) is 2.75. The highest BCUT2D eigenvalue weighted by molar-refractivity contribution is 7.80. The van der Waals surface area contributed by atoms with E-state index in [1.165, 1.54) is 38.5 Å². The zero-order chi connectivity index (χ0) is 18.1. The summed E-state index contributed by atoms with van der Waals surface area (Å²) in [4.78, 5) is 0. The van der Waals surface area contributed by atoms with Crippen LogP contribution in [0.4, 0.5) is 0 Å². The Hall–Kier alpha value is -2.02. The zero-order valence-corrected chi connectivity index (χ0v) is 15.3. The van der Waals surface area contributed by atoms with Crippen molar-refractivity contribution in [1.29, 1.82) is 0 Å². The molecule has 0 aliphatic rings. The average molecular weight is 347 g/mol. The molecule has 0 aliphatic carbocycles. The van der Waals surface area contributed by atoms with Crippen LogP contribution in [0.1, 0.15) is 16.7 Å². The van der Waals surface area contributed by atoms with Gasteiger partial charge in [0.2, 0.25) is 21.4 Å². The van der Waals surface area contributed by atoms with E-state index in [0.717, 1.165) is 7.11 Å². The summed E-state index contributed by atoms with van der Waals surface area (Å²) in [5.41, 5.74) is 6.61. The lowest BCUT2D eigenvalue weighted by Gasteiger charge is -2.07. The number of aromatic nitrogens is 1. The second-order valence-electron chi connectivity index (χ2n) is 5.80. The Morgan fingerprint density at radius 3 is 1.62 bits per heavy atom. The Balaban J connectivity index is 0.000000301. The number of benzene rings is 2. The number of hydrogen-bond acceptors (Lipinski definition) is 4. The van der Waals surface area contributed by atoms with E-state index >= 15 is 0 Å². The number of nitrogens with zero attached hydrogens (tertiary/aromatic N) is 1. The molecule has 3 aromatic rings. The van der Waals surface area contributed by atoms with Crippen molar-refractivity contribution in [2.45, 2.75) is 20.8 Å². The topological polar surface area (TPSA) is 70.3 Å². The SMILES string of the molecule is COS(=O)(=O)[O-].Cc1ccc2c(C)c3ccc(C)cc3[n+](C)c2c1. The van der Waals surface area contributed by atoms with Gasteiger partial charge in [-0.1, -0.05) is 12.1 Å². The van der Waals surface area contributed by atoms with Crippen LogP contribution in [0.3, 0.4) is 0 Å². The van der Waals surface area contributed by atoms with Crippen molar-refractivity contribution in [3.05, 3.63) is 53.1 Å². The second-order valence-corrected chi connectivity index (χ2v) is 6.95. The van der Waals surface area contributed by atoms with Gasteiger partial charge in [0.05, 0.1) is 7.11 Å². The Bertz CT molecular complexity index is 948. The Kier molecular flexibility index (Phi) is 5.22. The summed E-state index contributed by atoms with van der Waals surface area (Å²) in [5.74, 6) is 0. The smallest absolute Gasteiger partial charge is 0.217 e. The van der Waals surface area contributed by atoms with E-state index < -0.39 is 10.4 Å². The van der Waals surface area contributed by atoms with Crippen molar-refractivity contribution < 1.29 is 21.7 Å². The summed E-state index contributed by atoms with van der Waals surface area (Å²) >= 11 is 0. The Labute approximate surface area is 142 Å². The van der Waals surface area contributed by atoms with Crippen LogP contribution in [0.25, 0.3) is 21.8 Å². The summed E-state index contributed by atoms with van der Waals surface area (Å²) in [6.45, 7) is 6.51. The van der Waals surface area contributed by atoms with Gasteiger partial charge < -0.3 is 4.55 Å². The summed E-state index contributed by atoms with van der Waals surface area (Å²) in [7, 11) is -1.45. The summed E-state index contributed by atoms with van der Waals surface area (Å²) < 4.78 is 33.3. The van der Waals surface area contributed by atoms with Gasteiger partial charge in [-0.25, -0.2) is 8.42 Å². The number of pyridine rings is 1. The van der Waals surface area contributed by atoms with Gasteiger partial charge in [-0.15, -0.1) is 0 Å². The van der Waals surface area contributed by atoms with Gasteiger partial charge in [0.25, 0.3) is 0 Å². The van der Waals surface area contributed by atoms with Gasteiger partial charge in [0, 0.05) is 22.9 Å². The molecule has 24 heavy (non-hydrogen) atoms. The third-order valence-electron chi connectivity index (χ3n) is 4.04. The number of rotatable bonds is 1. The molecular formula is C18H21NO4S. The van der Waals surface area contributed by atoms with Gasteiger partial charge in [0.15, 0.2) is 0 Å². The van der Waals surface area contributed by atoms with Crippen molar-refractivity contribution in [3.8, 4) is 0 Å². The summed E-state index contributed by atoms with van der Waals surface area (Å²) in [6, 6.07) is 13.4. The third-order valence-corrected chi connectivity index (χ3v) is 4.45. The minimum Gasteiger partial charge on any atom is -0.726 e. The molecule has 0 aliphatic heterocycles. The molecule has 128 valence electrons. The van der Waals surface area contributed by atoms with E-state index in [-0.39, 0.29) is 0 Å². The van der Waals surface area contributed by atoms with Crippen molar-refractivity contribution >= 4 is 32.2 Å². The van der Waals surface area contributed by atoms with E-state index in [4.69, 9.17) is 0 Å². The normalized spacial score (nSPS) is 11.4. The first-order valence-corrected chi connectivity index (χ1v) is 8.78. The number of hydrogen-bond donors (Lipinski definition) is 0. The fourth-order valence-corrected chi connectivity index (χ4v) is 2.75. The third kappa shape index (κ3) is 3.90. The molecule has 0 unspecified atom stereocenters. The molecule has 1 aromatic heterocycles. The first-order valence-electron chi connectivity index (χ1n) is 7.45. The van der Waals surface area contributed by atoms with E-state index in [1.54, 1.807) is 0 Å². The van der Waals surface area contributed by atoms with Crippen LogP contribution in [0.2, 0.25) is 0 Å². The van der Waals surface area contributed by atoms with Crippen LogP contribution < -0.4 is 4.57 Å². The zero-order valence-electron chi connectivity index (χ0n) is 14.5. The highest BCUT2D eigenvalue weighted by Gasteiger charge is 2.15. The van der Waals surface area contributed by atoms with E-state index in [9.17, 15) is 13.0 Å². The first-order chi connectivity index (χ1) is 11.1. The van der Waals surface area contributed by atoms with Crippen LogP contribution in [-0.2, 0) is 21.6 Å². The molecule has 0 N–H and O–H groups in total. The molecule has 0 fully saturated rings. The predicted molar refractivity (Wildman–Crippen MR) is 93.5 cm³/mol. The molecule has 0 atom stereocenters. The minimum atomic E-state index is -4.41. The van der Waals surface area contributed by atoms with E-state index in [0.29, 0.717) is 0 Å². The van der Waals surface area contributed by atoms with Crippen molar-refractivity contribution in [2.24, 2.45) is 7.05 Å². The molecule has 6 heteroatoms. The molecule has 1 heterocycles. The second kappa shape index (κ2) is 6.84. The lowest BCUT2D eigenvalue weighted by atomic mass is 10.0. The van der Waals surface area contributed by atoms with Gasteiger partial charge >= 0.3 is 0 Å². The standard InChI is InChI=1S/C17H18N.CH4O4S/c1-11-5-7-14-13(3)15-8-6-12(2)10-17(15)18(4)16(14)9-11;1-5-6(2,3)4/h5-10H,1-4H3;1H3,(H,2,3,4)/q+1;/p-1. The summed E-state index contributed by atoms with van der Waals surface area (Å²) in [6.07, 6.45) is 0. The molecule has 3 rings (SSSR count). The van der Waals surface area contributed by atoms with Gasteiger partial charge in [0.1, 0.15) is 7.05 Å². The molecule has 0 bridgehead atoms. The molecule has 0 radical (unpaired) electrons. The van der Waals surface area contributed by atoms with Crippen molar-refractivity contribution in [3.63, 3.8) is 0 Å². The van der Waals surface area contributed by atoms with Crippen molar-refractivity contribution in [2.75, 3.05) is 7.11 Å². The first kappa shape index (κ1) is 18.3. The molecule has 5 nitrogen and oxygen atoms in total. The maximum Gasteiger partial charge on any atom is 0.217 e. The maximum atomic E-state index is 9.22.